The molecule has 1 aromatic rings. The monoisotopic (exact) mass is 235 g/mol. The SMILES string of the molecule is CCOC(C)c1nc2c(c(NC)n1)CCCC2. The van der Waals surface area contributed by atoms with Gasteiger partial charge in [0.1, 0.15) is 11.9 Å². The van der Waals surface area contributed by atoms with E-state index in [2.05, 4.69) is 15.3 Å². The summed E-state index contributed by atoms with van der Waals surface area (Å²) in [5, 5.41) is 3.19. The molecule has 2 rings (SSSR count). The Morgan fingerprint density at radius 1 is 1.29 bits per heavy atom. The van der Waals surface area contributed by atoms with Crippen LogP contribution in [0.4, 0.5) is 5.82 Å². The van der Waals surface area contributed by atoms with Gasteiger partial charge in [0.2, 0.25) is 0 Å². The van der Waals surface area contributed by atoms with Crippen LogP contribution in [0.25, 0.3) is 0 Å². The molecule has 0 fully saturated rings. The molecule has 0 saturated heterocycles. The third kappa shape index (κ3) is 2.57. The van der Waals surface area contributed by atoms with Crippen molar-refractivity contribution in [2.24, 2.45) is 0 Å². The molecule has 1 N–H and O–H groups in total. The van der Waals surface area contributed by atoms with Crippen LogP contribution in [0.15, 0.2) is 0 Å². The molecule has 4 nitrogen and oxygen atoms in total. The van der Waals surface area contributed by atoms with Gasteiger partial charge in [0.25, 0.3) is 0 Å². The van der Waals surface area contributed by atoms with Gasteiger partial charge in [-0.15, -0.1) is 0 Å². The summed E-state index contributed by atoms with van der Waals surface area (Å²) in [5.41, 5.74) is 2.50. The van der Waals surface area contributed by atoms with Gasteiger partial charge in [-0.3, -0.25) is 0 Å². The summed E-state index contributed by atoms with van der Waals surface area (Å²) in [7, 11) is 1.92. The highest BCUT2D eigenvalue weighted by Crippen LogP contribution is 2.27. The zero-order valence-corrected chi connectivity index (χ0v) is 10.9. The van der Waals surface area contributed by atoms with E-state index < -0.39 is 0 Å². The first kappa shape index (κ1) is 12.3. The van der Waals surface area contributed by atoms with Crippen molar-refractivity contribution in [1.29, 1.82) is 0 Å². The minimum Gasteiger partial charge on any atom is -0.373 e. The zero-order valence-electron chi connectivity index (χ0n) is 10.9. The molecule has 0 saturated carbocycles. The molecule has 0 amide bonds. The van der Waals surface area contributed by atoms with Gasteiger partial charge in [-0.2, -0.15) is 0 Å². The van der Waals surface area contributed by atoms with Crippen molar-refractivity contribution >= 4 is 5.82 Å². The quantitative estimate of drug-likeness (QED) is 0.871. The average Bonchev–Trinajstić information content (AvgIpc) is 2.37. The van der Waals surface area contributed by atoms with Gasteiger partial charge in [-0.25, -0.2) is 9.97 Å². The number of ether oxygens (including phenoxy) is 1. The zero-order chi connectivity index (χ0) is 12.3. The highest BCUT2D eigenvalue weighted by Gasteiger charge is 2.19. The van der Waals surface area contributed by atoms with Gasteiger partial charge < -0.3 is 10.1 Å². The number of rotatable bonds is 4. The van der Waals surface area contributed by atoms with Crippen LogP contribution >= 0.6 is 0 Å². The van der Waals surface area contributed by atoms with Crippen LogP contribution < -0.4 is 5.32 Å². The molecule has 4 heteroatoms. The van der Waals surface area contributed by atoms with Crippen LogP contribution in [0.3, 0.4) is 0 Å². The summed E-state index contributed by atoms with van der Waals surface area (Å²) in [6, 6.07) is 0. The molecule has 0 aliphatic heterocycles. The summed E-state index contributed by atoms with van der Waals surface area (Å²) < 4.78 is 5.57. The maximum Gasteiger partial charge on any atom is 0.159 e. The van der Waals surface area contributed by atoms with E-state index in [9.17, 15) is 0 Å². The summed E-state index contributed by atoms with van der Waals surface area (Å²) in [5.74, 6) is 1.79. The molecule has 1 heterocycles. The Bertz CT molecular complexity index is 375. The molecule has 1 aliphatic rings. The molecular formula is C13H21N3O. The second kappa shape index (κ2) is 5.45. The normalized spacial score (nSPS) is 16.4. The molecule has 17 heavy (non-hydrogen) atoms. The van der Waals surface area contributed by atoms with E-state index in [0.717, 1.165) is 24.5 Å². The summed E-state index contributed by atoms with van der Waals surface area (Å²) in [6.45, 7) is 4.69. The van der Waals surface area contributed by atoms with E-state index in [1.165, 1.54) is 24.1 Å². The Kier molecular flexibility index (Phi) is 3.94. The molecule has 0 radical (unpaired) electrons. The van der Waals surface area contributed by atoms with Crippen molar-refractivity contribution < 1.29 is 4.74 Å². The van der Waals surface area contributed by atoms with Crippen molar-refractivity contribution in [3.8, 4) is 0 Å². The number of hydrogen-bond donors (Lipinski definition) is 1. The molecule has 0 bridgehead atoms. The van der Waals surface area contributed by atoms with Crippen molar-refractivity contribution in [3.05, 3.63) is 17.1 Å². The molecule has 1 aromatic heterocycles. The van der Waals surface area contributed by atoms with Gasteiger partial charge in [0.15, 0.2) is 5.82 Å². The molecule has 0 spiro atoms. The fourth-order valence-electron chi connectivity index (χ4n) is 2.33. The lowest BCUT2D eigenvalue weighted by Gasteiger charge is -2.20. The van der Waals surface area contributed by atoms with Gasteiger partial charge in [-0.1, -0.05) is 0 Å². The van der Waals surface area contributed by atoms with Crippen LogP contribution in [0.2, 0.25) is 0 Å². The topological polar surface area (TPSA) is 47.0 Å². The van der Waals surface area contributed by atoms with Gasteiger partial charge >= 0.3 is 0 Å². The first-order valence-corrected chi connectivity index (χ1v) is 6.45. The van der Waals surface area contributed by atoms with E-state index in [0.29, 0.717) is 6.61 Å². The number of aromatic nitrogens is 2. The predicted molar refractivity (Wildman–Crippen MR) is 68.3 cm³/mol. The average molecular weight is 235 g/mol. The number of nitrogens with one attached hydrogen (secondary N) is 1. The standard InChI is InChI=1S/C13H21N3O/c1-4-17-9(2)12-15-11-8-6-5-7-10(11)13(14-3)16-12/h9H,4-8H2,1-3H3,(H,14,15,16). The Balaban J connectivity index is 2.35. The second-order valence-corrected chi connectivity index (χ2v) is 4.41. The fraction of sp³-hybridized carbons (Fsp3) is 0.692. The highest BCUT2D eigenvalue weighted by atomic mass is 16.5. The minimum absolute atomic E-state index is 0.0284. The number of hydrogen-bond acceptors (Lipinski definition) is 4. The first-order chi connectivity index (χ1) is 8.26. The van der Waals surface area contributed by atoms with Crippen LogP contribution in [0.1, 0.15) is 49.9 Å². The third-order valence-electron chi connectivity index (χ3n) is 3.22. The van der Waals surface area contributed by atoms with Crippen LogP contribution in [0, 0.1) is 0 Å². The summed E-state index contributed by atoms with van der Waals surface area (Å²) >= 11 is 0. The first-order valence-electron chi connectivity index (χ1n) is 6.45. The maximum absolute atomic E-state index is 5.57. The van der Waals surface area contributed by atoms with Crippen molar-refractivity contribution in [3.63, 3.8) is 0 Å². The van der Waals surface area contributed by atoms with E-state index in [4.69, 9.17) is 4.74 Å². The number of anilines is 1. The Morgan fingerprint density at radius 3 is 2.76 bits per heavy atom. The molecule has 1 aliphatic carbocycles. The molecular weight excluding hydrogens is 214 g/mol. The third-order valence-corrected chi connectivity index (χ3v) is 3.22. The largest absolute Gasteiger partial charge is 0.373 e. The van der Waals surface area contributed by atoms with E-state index in [1.54, 1.807) is 0 Å². The smallest absolute Gasteiger partial charge is 0.159 e. The van der Waals surface area contributed by atoms with Crippen molar-refractivity contribution in [1.82, 2.24) is 9.97 Å². The second-order valence-electron chi connectivity index (χ2n) is 4.41. The number of nitrogens with zero attached hydrogens (tertiary/aromatic N) is 2. The van der Waals surface area contributed by atoms with E-state index >= 15 is 0 Å². The number of aryl methyl sites for hydroxylation is 1. The summed E-state index contributed by atoms with van der Waals surface area (Å²) in [4.78, 5) is 9.24. The van der Waals surface area contributed by atoms with Crippen LogP contribution in [-0.2, 0) is 17.6 Å². The number of fused-ring (bicyclic) bond motifs is 1. The molecule has 94 valence electrons. The minimum atomic E-state index is -0.0284. The predicted octanol–water partition coefficient (Wildman–Crippen LogP) is 2.49. The Morgan fingerprint density at radius 2 is 2.06 bits per heavy atom. The lowest BCUT2D eigenvalue weighted by atomic mass is 9.96. The lowest BCUT2D eigenvalue weighted by molar-refractivity contribution is 0.0699. The van der Waals surface area contributed by atoms with E-state index in [1.807, 2.05) is 20.9 Å². The van der Waals surface area contributed by atoms with Crippen LogP contribution in [-0.4, -0.2) is 23.6 Å². The van der Waals surface area contributed by atoms with Gasteiger partial charge in [0, 0.05) is 24.9 Å². The van der Waals surface area contributed by atoms with Crippen molar-refractivity contribution in [2.75, 3.05) is 19.0 Å². The lowest BCUT2D eigenvalue weighted by Crippen LogP contribution is -2.15. The summed E-state index contributed by atoms with van der Waals surface area (Å²) in [6.07, 6.45) is 4.60. The molecule has 1 atom stereocenters. The Hall–Kier alpha value is -1.16. The molecule has 0 aromatic carbocycles. The highest BCUT2D eigenvalue weighted by molar-refractivity contribution is 5.47. The van der Waals surface area contributed by atoms with Gasteiger partial charge in [0.05, 0.1) is 0 Å². The fourth-order valence-corrected chi connectivity index (χ4v) is 2.33. The van der Waals surface area contributed by atoms with Crippen LogP contribution in [0.5, 0.6) is 0 Å². The van der Waals surface area contributed by atoms with E-state index in [-0.39, 0.29) is 6.10 Å². The van der Waals surface area contributed by atoms with Gasteiger partial charge in [-0.05, 0) is 39.5 Å². The molecule has 1 unspecified atom stereocenters. The Labute approximate surface area is 103 Å². The van der Waals surface area contributed by atoms with Crippen molar-refractivity contribution in [2.45, 2.75) is 45.6 Å². The maximum atomic E-state index is 5.57.